The Balaban J connectivity index is 2.12. The molecule has 30 heavy (non-hydrogen) atoms. The summed E-state index contributed by atoms with van der Waals surface area (Å²) in [6, 6.07) is 0. The predicted molar refractivity (Wildman–Crippen MR) is 90.1 cm³/mol. The largest absolute Gasteiger partial charge is 0.460 e. The van der Waals surface area contributed by atoms with E-state index in [0.717, 1.165) is 6.08 Å². The van der Waals surface area contributed by atoms with E-state index in [2.05, 4.69) is 16.1 Å². The van der Waals surface area contributed by atoms with Gasteiger partial charge in [0.2, 0.25) is 34.8 Å². The van der Waals surface area contributed by atoms with E-state index in [-0.39, 0.29) is 46.2 Å². The minimum absolute atomic E-state index is 0.0623. The fourth-order valence-electron chi connectivity index (χ4n) is 1.80. The fourth-order valence-corrected chi connectivity index (χ4v) is 1.80. The van der Waals surface area contributed by atoms with Crippen LogP contribution in [0.15, 0.2) is 12.7 Å². The van der Waals surface area contributed by atoms with Gasteiger partial charge in [-0.2, -0.15) is 8.78 Å². The van der Waals surface area contributed by atoms with E-state index in [1.807, 2.05) is 0 Å². The first-order valence-electron chi connectivity index (χ1n) is 8.54. The van der Waals surface area contributed by atoms with Gasteiger partial charge in [-0.15, -0.1) is 0 Å². The lowest BCUT2D eigenvalue weighted by atomic mass is 10.2. The van der Waals surface area contributed by atoms with Crippen molar-refractivity contribution in [1.82, 2.24) is 0 Å². The molecule has 1 rings (SSSR count). The number of carbonyl (C=O) groups is 2. The third-order valence-corrected chi connectivity index (χ3v) is 3.22. The molecule has 0 saturated heterocycles. The lowest BCUT2D eigenvalue weighted by molar-refractivity contribution is -0.139. The molecule has 0 aliphatic carbocycles. The Morgan fingerprint density at radius 1 is 0.700 bits per heavy atom. The lowest BCUT2D eigenvalue weighted by Gasteiger charge is -2.09. The van der Waals surface area contributed by atoms with Crippen LogP contribution < -0.4 is 4.74 Å². The molecule has 0 saturated carbocycles. The average molecular weight is 442 g/mol. The molecule has 0 radical (unpaired) electrons. The van der Waals surface area contributed by atoms with Gasteiger partial charge in [-0.05, 0) is 0 Å². The molecule has 0 heterocycles. The van der Waals surface area contributed by atoms with Gasteiger partial charge in [0, 0.05) is 6.08 Å². The van der Waals surface area contributed by atoms with Crippen molar-refractivity contribution in [2.24, 2.45) is 0 Å². The standard InChI is InChI=1S/C18H19F5O7/c1-2-11(24)29-10-9-28-8-7-27-6-5-26-4-3-12(25)30-18-16(22)14(20)13(19)15(21)17(18)23/h2H,1,3-10H2. The van der Waals surface area contributed by atoms with E-state index in [0.29, 0.717) is 0 Å². The van der Waals surface area contributed by atoms with Crippen molar-refractivity contribution in [3.05, 3.63) is 41.7 Å². The monoisotopic (exact) mass is 442 g/mol. The summed E-state index contributed by atoms with van der Waals surface area (Å²) in [6.45, 7) is 3.92. The summed E-state index contributed by atoms with van der Waals surface area (Å²) < 4.78 is 89.9. The van der Waals surface area contributed by atoms with Crippen LogP contribution in [0.4, 0.5) is 22.0 Å². The van der Waals surface area contributed by atoms with Crippen LogP contribution in [0.3, 0.4) is 0 Å². The quantitative estimate of drug-likeness (QED) is 0.0833. The van der Waals surface area contributed by atoms with Crippen molar-refractivity contribution >= 4 is 11.9 Å². The molecule has 1 aromatic rings. The van der Waals surface area contributed by atoms with Crippen LogP contribution in [0, 0.1) is 29.1 Å². The summed E-state index contributed by atoms with van der Waals surface area (Å²) in [5, 5.41) is 0. The smallest absolute Gasteiger partial charge is 0.330 e. The van der Waals surface area contributed by atoms with Crippen LogP contribution in [0.1, 0.15) is 6.42 Å². The Morgan fingerprint density at radius 2 is 1.13 bits per heavy atom. The van der Waals surface area contributed by atoms with E-state index < -0.39 is 53.2 Å². The molecule has 7 nitrogen and oxygen atoms in total. The molecule has 12 heteroatoms. The van der Waals surface area contributed by atoms with E-state index in [1.54, 1.807) is 0 Å². The van der Waals surface area contributed by atoms with Crippen molar-refractivity contribution in [1.29, 1.82) is 0 Å². The van der Waals surface area contributed by atoms with Crippen LogP contribution in [-0.4, -0.2) is 58.2 Å². The predicted octanol–water partition coefficient (Wildman–Crippen LogP) is 2.46. The molecule has 0 aliphatic heterocycles. The maximum Gasteiger partial charge on any atom is 0.330 e. The first kappa shape index (κ1) is 25.5. The Bertz CT molecular complexity index is 713. The Kier molecular flexibility index (Phi) is 11.6. The van der Waals surface area contributed by atoms with Crippen molar-refractivity contribution < 1.29 is 55.2 Å². The number of hydrogen-bond acceptors (Lipinski definition) is 7. The van der Waals surface area contributed by atoms with E-state index >= 15 is 0 Å². The molecule has 0 spiro atoms. The first-order chi connectivity index (χ1) is 14.3. The summed E-state index contributed by atoms with van der Waals surface area (Å²) in [6.07, 6.45) is 0.536. The number of hydrogen-bond donors (Lipinski definition) is 0. The highest BCUT2D eigenvalue weighted by atomic mass is 19.2. The number of rotatable bonds is 14. The van der Waals surface area contributed by atoms with Gasteiger partial charge in [-0.25, -0.2) is 18.0 Å². The van der Waals surface area contributed by atoms with Crippen LogP contribution >= 0.6 is 0 Å². The van der Waals surface area contributed by atoms with Crippen molar-refractivity contribution in [3.63, 3.8) is 0 Å². The second-order valence-corrected chi connectivity index (χ2v) is 5.33. The zero-order valence-corrected chi connectivity index (χ0v) is 15.7. The third kappa shape index (κ3) is 8.43. The minimum atomic E-state index is -2.35. The normalized spacial score (nSPS) is 10.7. The van der Waals surface area contributed by atoms with Gasteiger partial charge in [-0.3, -0.25) is 4.79 Å². The van der Waals surface area contributed by atoms with Crippen molar-refractivity contribution in [3.8, 4) is 5.75 Å². The lowest BCUT2D eigenvalue weighted by Crippen LogP contribution is -2.16. The van der Waals surface area contributed by atoms with Crippen molar-refractivity contribution in [2.45, 2.75) is 6.42 Å². The molecule has 168 valence electrons. The topological polar surface area (TPSA) is 80.3 Å². The molecule has 1 aromatic carbocycles. The molecule has 0 aromatic heterocycles. The number of ether oxygens (including phenoxy) is 5. The Hall–Kier alpha value is -2.57. The van der Waals surface area contributed by atoms with E-state index in [1.165, 1.54) is 0 Å². The second-order valence-electron chi connectivity index (χ2n) is 5.33. The number of esters is 2. The molecule has 0 unspecified atom stereocenters. The fraction of sp³-hybridized carbons (Fsp3) is 0.444. The highest BCUT2D eigenvalue weighted by molar-refractivity contribution is 5.81. The number of carbonyl (C=O) groups excluding carboxylic acids is 2. The van der Waals surface area contributed by atoms with Crippen LogP contribution in [0.25, 0.3) is 0 Å². The third-order valence-electron chi connectivity index (χ3n) is 3.22. The van der Waals surface area contributed by atoms with Crippen LogP contribution in [0.2, 0.25) is 0 Å². The first-order valence-corrected chi connectivity index (χ1v) is 8.54. The van der Waals surface area contributed by atoms with Gasteiger partial charge < -0.3 is 23.7 Å². The van der Waals surface area contributed by atoms with E-state index in [4.69, 9.17) is 14.2 Å². The Morgan fingerprint density at radius 3 is 1.63 bits per heavy atom. The molecule has 0 N–H and O–H groups in total. The zero-order valence-electron chi connectivity index (χ0n) is 15.7. The van der Waals surface area contributed by atoms with Crippen molar-refractivity contribution in [2.75, 3.05) is 46.2 Å². The molecular formula is C18H19F5O7. The van der Waals surface area contributed by atoms with Gasteiger partial charge in [0.1, 0.15) is 6.61 Å². The maximum atomic E-state index is 13.4. The zero-order chi connectivity index (χ0) is 22.5. The van der Waals surface area contributed by atoms with Gasteiger partial charge >= 0.3 is 11.9 Å². The van der Waals surface area contributed by atoms with Crippen LogP contribution in [-0.2, 0) is 28.5 Å². The highest BCUT2D eigenvalue weighted by Gasteiger charge is 2.28. The van der Waals surface area contributed by atoms with Gasteiger partial charge in [-0.1, -0.05) is 6.58 Å². The number of benzene rings is 1. The Labute approximate surface area is 168 Å². The second kappa shape index (κ2) is 13.6. The number of halogens is 5. The van der Waals surface area contributed by atoms with Gasteiger partial charge in [0.05, 0.1) is 46.1 Å². The molecule has 0 atom stereocenters. The highest BCUT2D eigenvalue weighted by Crippen LogP contribution is 2.29. The minimum Gasteiger partial charge on any atom is -0.460 e. The van der Waals surface area contributed by atoms with Gasteiger partial charge in [0.15, 0.2) is 0 Å². The average Bonchev–Trinajstić information content (AvgIpc) is 2.74. The summed E-state index contributed by atoms with van der Waals surface area (Å²) in [4.78, 5) is 22.2. The molecule has 0 fully saturated rings. The summed E-state index contributed by atoms with van der Waals surface area (Å²) in [5.41, 5.74) is 0. The summed E-state index contributed by atoms with van der Waals surface area (Å²) >= 11 is 0. The summed E-state index contributed by atoms with van der Waals surface area (Å²) in [5.74, 6) is -14.7. The summed E-state index contributed by atoms with van der Waals surface area (Å²) in [7, 11) is 0. The SMILES string of the molecule is C=CC(=O)OCCOCCOCCOCCC(=O)Oc1c(F)c(F)c(F)c(F)c1F. The molecule has 0 aliphatic rings. The molecule has 0 amide bonds. The molecule has 0 bridgehead atoms. The maximum absolute atomic E-state index is 13.4. The van der Waals surface area contributed by atoms with Gasteiger partial charge in [0.25, 0.3) is 0 Å². The van der Waals surface area contributed by atoms with Crippen LogP contribution in [0.5, 0.6) is 5.75 Å². The molecular weight excluding hydrogens is 423 g/mol. The van der Waals surface area contributed by atoms with E-state index in [9.17, 15) is 31.5 Å².